The zero-order valence-electron chi connectivity index (χ0n) is 13.5. The number of fused-ring (bicyclic) bond motifs is 1. The summed E-state index contributed by atoms with van der Waals surface area (Å²) in [5.74, 6) is 2.39. The number of unbranched alkanes of at least 4 members (excludes halogenated alkanes) is 3. The molecule has 1 aliphatic heterocycles. The van der Waals surface area contributed by atoms with Crippen LogP contribution in [0.5, 0.6) is 5.75 Å². The van der Waals surface area contributed by atoms with Gasteiger partial charge in [0.1, 0.15) is 5.75 Å². The van der Waals surface area contributed by atoms with Gasteiger partial charge in [0, 0.05) is 12.5 Å². The van der Waals surface area contributed by atoms with Gasteiger partial charge in [-0.2, -0.15) is 11.8 Å². The standard InChI is InChI=1S/C18H29NOS/c1-3-17(19-11-6-4-5-7-13-21-2)15-8-9-18-16(14-15)10-12-20-18/h8-9,14,17,19H,3-7,10-13H2,1-2H3. The van der Waals surface area contributed by atoms with Crippen LogP contribution in [0, 0.1) is 0 Å². The fourth-order valence-corrected chi connectivity index (χ4v) is 3.42. The smallest absolute Gasteiger partial charge is 0.122 e. The molecule has 0 saturated carbocycles. The van der Waals surface area contributed by atoms with E-state index < -0.39 is 0 Å². The summed E-state index contributed by atoms with van der Waals surface area (Å²) in [6, 6.07) is 7.19. The van der Waals surface area contributed by atoms with E-state index >= 15 is 0 Å². The van der Waals surface area contributed by atoms with Crippen molar-refractivity contribution in [3.63, 3.8) is 0 Å². The Bertz CT molecular complexity index is 422. The summed E-state index contributed by atoms with van der Waals surface area (Å²) in [6.07, 6.45) is 9.77. The molecule has 2 nitrogen and oxygen atoms in total. The highest BCUT2D eigenvalue weighted by Gasteiger charge is 2.15. The largest absolute Gasteiger partial charge is 0.493 e. The summed E-state index contributed by atoms with van der Waals surface area (Å²) >= 11 is 1.96. The molecule has 0 bridgehead atoms. The average Bonchev–Trinajstić information content (AvgIpc) is 2.97. The Hall–Kier alpha value is -0.670. The maximum absolute atomic E-state index is 5.59. The van der Waals surface area contributed by atoms with Crippen molar-refractivity contribution < 1.29 is 4.74 Å². The Morgan fingerprint density at radius 1 is 1.24 bits per heavy atom. The number of thioether (sulfide) groups is 1. The van der Waals surface area contributed by atoms with Crippen molar-refractivity contribution in [2.75, 3.05) is 25.2 Å². The predicted molar refractivity (Wildman–Crippen MR) is 93.5 cm³/mol. The molecule has 1 N–H and O–H groups in total. The minimum absolute atomic E-state index is 0.488. The first-order chi connectivity index (χ1) is 10.3. The average molecular weight is 308 g/mol. The summed E-state index contributed by atoms with van der Waals surface area (Å²) < 4.78 is 5.59. The maximum atomic E-state index is 5.59. The SMILES string of the molecule is CCC(NCCCCCCSC)c1ccc2c(c1)CCO2. The van der Waals surface area contributed by atoms with Gasteiger partial charge in [-0.15, -0.1) is 0 Å². The summed E-state index contributed by atoms with van der Waals surface area (Å²) in [5.41, 5.74) is 2.80. The molecule has 1 aromatic carbocycles. The second kappa shape index (κ2) is 9.37. The van der Waals surface area contributed by atoms with Crippen molar-refractivity contribution in [3.05, 3.63) is 29.3 Å². The highest BCUT2D eigenvalue weighted by molar-refractivity contribution is 7.98. The third-order valence-electron chi connectivity index (χ3n) is 4.19. The van der Waals surface area contributed by atoms with Crippen molar-refractivity contribution in [3.8, 4) is 5.75 Å². The van der Waals surface area contributed by atoms with Crippen molar-refractivity contribution >= 4 is 11.8 Å². The van der Waals surface area contributed by atoms with E-state index in [1.807, 2.05) is 11.8 Å². The van der Waals surface area contributed by atoms with Gasteiger partial charge in [-0.05, 0) is 55.0 Å². The molecule has 0 aliphatic carbocycles. The second-order valence-electron chi connectivity index (χ2n) is 5.79. The van der Waals surface area contributed by atoms with Gasteiger partial charge in [0.25, 0.3) is 0 Å². The lowest BCUT2D eigenvalue weighted by Gasteiger charge is -2.18. The van der Waals surface area contributed by atoms with Gasteiger partial charge >= 0.3 is 0 Å². The quantitative estimate of drug-likeness (QED) is 0.639. The molecular formula is C18H29NOS. The van der Waals surface area contributed by atoms with Crippen LogP contribution in [0.2, 0.25) is 0 Å². The summed E-state index contributed by atoms with van der Waals surface area (Å²) in [6.45, 7) is 4.24. The van der Waals surface area contributed by atoms with Gasteiger partial charge in [-0.3, -0.25) is 0 Å². The van der Waals surface area contributed by atoms with E-state index in [9.17, 15) is 0 Å². The molecule has 1 unspecified atom stereocenters. The molecule has 1 aromatic rings. The molecule has 0 radical (unpaired) electrons. The molecule has 0 aromatic heterocycles. The van der Waals surface area contributed by atoms with Crippen molar-refractivity contribution in [2.24, 2.45) is 0 Å². The van der Waals surface area contributed by atoms with Gasteiger partial charge < -0.3 is 10.1 Å². The Kier molecular flexibility index (Phi) is 7.45. The summed E-state index contributed by atoms with van der Waals surface area (Å²) in [5, 5.41) is 3.72. The molecule has 21 heavy (non-hydrogen) atoms. The van der Waals surface area contributed by atoms with Gasteiger partial charge in [-0.1, -0.05) is 31.9 Å². The first-order valence-electron chi connectivity index (χ1n) is 8.33. The molecule has 1 atom stereocenters. The Balaban J connectivity index is 1.73. The lowest BCUT2D eigenvalue weighted by Crippen LogP contribution is -2.22. The summed E-state index contributed by atoms with van der Waals surface area (Å²) in [7, 11) is 0. The van der Waals surface area contributed by atoms with Crippen LogP contribution in [-0.2, 0) is 6.42 Å². The van der Waals surface area contributed by atoms with E-state index in [-0.39, 0.29) is 0 Å². The Morgan fingerprint density at radius 2 is 2.10 bits per heavy atom. The zero-order valence-corrected chi connectivity index (χ0v) is 14.3. The van der Waals surface area contributed by atoms with Crippen LogP contribution in [0.15, 0.2) is 18.2 Å². The van der Waals surface area contributed by atoms with Crippen LogP contribution in [0.4, 0.5) is 0 Å². The van der Waals surface area contributed by atoms with Crippen LogP contribution < -0.4 is 10.1 Å². The van der Waals surface area contributed by atoms with E-state index in [4.69, 9.17) is 4.74 Å². The first kappa shape index (κ1) is 16.7. The van der Waals surface area contributed by atoms with E-state index in [0.717, 1.165) is 31.7 Å². The van der Waals surface area contributed by atoms with Crippen molar-refractivity contribution in [1.82, 2.24) is 5.32 Å². The molecule has 2 rings (SSSR count). The highest BCUT2D eigenvalue weighted by Crippen LogP contribution is 2.29. The van der Waals surface area contributed by atoms with Crippen LogP contribution in [0.25, 0.3) is 0 Å². The van der Waals surface area contributed by atoms with Crippen LogP contribution in [0.1, 0.15) is 56.2 Å². The third-order valence-corrected chi connectivity index (χ3v) is 4.89. The van der Waals surface area contributed by atoms with Gasteiger partial charge in [-0.25, -0.2) is 0 Å². The van der Waals surface area contributed by atoms with Gasteiger partial charge in [0.05, 0.1) is 6.61 Å². The molecule has 1 heterocycles. The fourth-order valence-electron chi connectivity index (χ4n) is 2.92. The minimum Gasteiger partial charge on any atom is -0.493 e. The van der Waals surface area contributed by atoms with E-state index in [1.165, 1.54) is 42.6 Å². The van der Waals surface area contributed by atoms with Crippen LogP contribution >= 0.6 is 11.8 Å². The number of benzene rings is 1. The topological polar surface area (TPSA) is 21.3 Å². The van der Waals surface area contributed by atoms with E-state index in [2.05, 4.69) is 36.7 Å². The number of hydrogen-bond acceptors (Lipinski definition) is 3. The van der Waals surface area contributed by atoms with Crippen molar-refractivity contribution in [1.29, 1.82) is 0 Å². The lowest BCUT2D eigenvalue weighted by atomic mass is 10.0. The molecule has 0 amide bonds. The molecule has 0 saturated heterocycles. The summed E-state index contributed by atoms with van der Waals surface area (Å²) in [4.78, 5) is 0. The molecule has 3 heteroatoms. The monoisotopic (exact) mass is 307 g/mol. The number of ether oxygens (including phenoxy) is 1. The van der Waals surface area contributed by atoms with E-state index in [1.54, 1.807) is 0 Å². The molecule has 0 spiro atoms. The normalized spacial score (nSPS) is 14.8. The van der Waals surface area contributed by atoms with Crippen molar-refractivity contribution in [2.45, 2.75) is 51.5 Å². The van der Waals surface area contributed by atoms with E-state index in [0.29, 0.717) is 6.04 Å². The molecule has 0 fully saturated rings. The number of nitrogens with one attached hydrogen (secondary N) is 1. The Labute approximate surface area is 134 Å². The molecular weight excluding hydrogens is 278 g/mol. The maximum Gasteiger partial charge on any atom is 0.122 e. The second-order valence-corrected chi connectivity index (χ2v) is 6.77. The fraction of sp³-hybridized carbons (Fsp3) is 0.667. The van der Waals surface area contributed by atoms with Crippen LogP contribution in [0.3, 0.4) is 0 Å². The van der Waals surface area contributed by atoms with Gasteiger partial charge in [0.2, 0.25) is 0 Å². The predicted octanol–water partition coefficient (Wildman–Crippen LogP) is 4.59. The minimum atomic E-state index is 0.488. The molecule has 1 aliphatic rings. The first-order valence-corrected chi connectivity index (χ1v) is 9.72. The molecule has 118 valence electrons. The number of rotatable bonds is 10. The number of hydrogen-bond donors (Lipinski definition) is 1. The Morgan fingerprint density at radius 3 is 2.90 bits per heavy atom. The third kappa shape index (κ3) is 5.23. The van der Waals surface area contributed by atoms with Crippen LogP contribution in [-0.4, -0.2) is 25.2 Å². The highest BCUT2D eigenvalue weighted by atomic mass is 32.2. The van der Waals surface area contributed by atoms with Gasteiger partial charge in [0.15, 0.2) is 0 Å². The zero-order chi connectivity index (χ0) is 14.9. The lowest BCUT2D eigenvalue weighted by molar-refractivity contribution is 0.356.